The van der Waals surface area contributed by atoms with Gasteiger partial charge in [-0.2, -0.15) is 0 Å². The Balaban J connectivity index is 1.63. The highest BCUT2D eigenvalue weighted by Gasteiger charge is 2.21. The van der Waals surface area contributed by atoms with Gasteiger partial charge in [-0.05, 0) is 36.4 Å². The molecular formula is C22H18N2O4S2. The number of amides is 1. The van der Waals surface area contributed by atoms with E-state index in [0.717, 1.165) is 10.2 Å². The predicted octanol–water partition coefficient (Wildman–Crippen LogP) is 4.71. The second-order valence-corrected chi connectivity index (χ2v) is 9.85. The van der Waals surface area contributed by atoms with Crippen molar-refractivity contribution >= 4 is 43.0 Å². The van der Waals surface area contributed by atoms with Crippen molar-refractivity contribution in [2.75, 3.05) is 11.1 Å². The summed E-state index contributed by atoms with van der Waals surface area (Å²) in [6.45, 7) is 1.53. The zero-order chi connectivity index (χ0) is 21.3. The smallest absolute Gasteiger partial charge is 0.256 e. The lowest BCUT2D eigenvalue weighted by Gasteiger charge is -2.11. The van der Waals surface area contributed by atoms with Crippen LogP contribution >= 0.6 is 11.3 Å². The molecule has 0 atom stereocenters. The number of rotatable bonds is 5. The third-order valence-electron chi connectivity index (χ3n) is 4.63. The van der Waals surface area contributed by atoms with E-state index in [1.165, 1.54) is 36.5 Å². The molecule has 2 N–H and O–H groups in total. The molecule has 3 aromatic carbocycles. The number of anilines is 1. The summed E-state index contributed by atoms with van der Waals surface area (Å²) in [5, 5.41) is 13.8. The molecule has 0 aliphatic heterocycles. The Morgan fingerprint density at radius 3 is 2.53 bits per heavy atom. The number of carbonyl (C=O) groups excluding carboxylic acids is 1. The SMILES string of the molecule is CCS(=O)(=O)c1ccccc1C(=O)Nc1ccc(-c2nc3ccccc3s2)c(O)c1. The van der Waals surface area contributed by atoms with Crippen molar-refractivity contribution in [1.82, 2.24) is 4.98 Å². The molecule has 0 spiro atoms. The van der Waals surface area contributed by atoms with Crippen molar-refractivity contribution in [3.63, 3.8) is 0 Å². The third-order valence-corrected chi connectivity index (χ3v) is 7.48. The zero-order valence-electron chi connectivity index (χ0n) is 16.0. The number of thiazole rings is 1. The number of phenols is 1. The summed E-state index contributed by atoms with van der Waals surface area (Å²) in [5.74, 6) is -0.689. The number of benzene rings is 3. The van der Waals surface area contributed by atoms with Gasteiger partial charge in [-0.15, -0.1) is 11.3 Å². The van der Waals surface area contributed by atoms with Crippen molar-refractivity contribution in [2.24, 2.45) is 0 Å². The van der Waals surface area contributed by atoms with Crippen LogP contribution in [0.5, 0.6) is 5.75 Å². The summed E-state index contributed by atoms with van der Waals surface area (Å²) < 4.78 is 25.6. The van der Waals surface area contributed by atoms with Gasteiger partial charge >= 0.3 is 0 Å². The lowest BCUT2D eigenvalue weighted by Crippen LogP contribution is -2.17. The molecule has 0 bridgehead atoms. The van der Waals surface area contributed by atoms with E-state index < -0.39 is 15.7 Å². The van der Waals surface area contributed by atoms with Gasteiger partial charge in [-0.25, -0.2) is 13.4 Å². The summed E-state index contributed by atoms with van der Waals surface area (Å²) >= 11 is 1.46. The van der Waals surface area contributed by atoms with Crippen LogP contribution in [0.2, 0.25) is 0 Å². The molecular weight excluding hydrogens is 420 g/mol. The molecule has 0 saturated carbocycles. The quantitative estimate of drug-likeness (QED) is 0.470. The molecule has 1 heterocycles. The highest BCUT2D eigenvalue weighted by Crippen LogP contribution is 2.36. The molecule has 4 rings (SSSR count). The Bertz CT molecular complexity index is 1330. The maximum Gasteiger partial charge on any atom is 0.256 e. The second kappa shape index (κ2) is 7.89. The molecule has 0 aliphatic carbocycles. The first kappa shape index (κ1) is 20.1. The highest BCUT2D eigenvalue weighted by molar-refractivity contribution is 7.91. The van der Waals surface area contributed by atoms with E-state index in [1.54, 1.807) is 24.3 Å². The van der Waals surface area contributed by atoms with E-state index in [-0.39, 0.29) is 22.0 Å². The van der Waals surface area contributed by atoms with Crippen LogP contribution in [-0.2, 0) is 9.84 Å². The molecule has 1 amide bonds. The molecule has 0 aliphatic rings. The van der Waals surface area contributed by atoms with E-state index in [0.29, 0.717) is 16.3 Å². The highest BCUT2D eigenvalue weighted by atomic mass is 32.2. The van der Waals surface area contributed by atoms with Crippen LogP contribution in [0, 0.1) is 0 Å². The van der Waals surface area contributed by atoms with Crippen molar-refractivity contribution in [3.05, 3.63) is 72.3 Å². The van der Waals surface area contributed by atoms with Gasteiger partial charge in [0.25, 0.3) is 5.91 Å². The normalized spacial score (nSPS) is 11.5. The maximum absolute atomic E-state index is 12.7. The molecule has 8 heteroatoms. The first-order chi connectivity index (χ1) is 14.4. The van der Waals surface area contributed by atoms with Gasteiger partial charge in [0.2, 0.25) is 0 Å². The van der Waals surface area contributed by atoms with Crippen LogP contribution < -0.4 is 5.32 Å². The number of para-hydroxylation sites is 1. The van der Waals surface area contributed by atoms with E-state index >= 15 is 0 Å². The molecule has 1 aromatic heterocycles. The van der Waals surface area contributed by atoms with Crippen molar-refractivity contribution in [3.8, 4) is 16.3 Å². The van der Waals surface area contributed by atoms with Gasteiger partial charge in [0, 0.05) is 11.8 Å². The van der Waals surface area contributed by atoms with Crippen molar-refractivity contribution in [2.45, 2.75) is 11.8 Å². The molecule has 0 unspecified atom stereocenters. The lowest BCUT2D eigenvalue weighted by atomic mass is 10.1. The maximum atomic E-state index is 12.7. The van der Waals surface area contributed by atoms with Crippen LogP contribution in [0.4, 0.5) is 5.69 Å². The van der Waals surface area contributed by atoms with Gasteiger partial charge in [0.15, 0.2) is 9.84 Å². The Morgan fingerprint density at radius 2 is 1.80 bits per heavy atom. The standard InChI is InChI=1S/C22H18N2O4S2/c1-2-30(27,28)20-10-6-3-7-16(20)21(26)23-14-11-12-15(18(25)13-14)22-24-17-8-4-5-9-19(17)29-22/h3-13,25H,2H2,1H3,(H,23,26). The number of hydrogen-bond donors (Lipinski definition) is 2. The Morgan fingerprint density at radius 1 is 1.07 bits per heavy atom. The minimum absolute atomic E-state index is 0.0136. The predicted molar refractivity (Wildman–Crippen MR) is 119 cm³/mol. The van der Waals surface area contributed by atoms with Crippen molar-refractivity contribution < 1.29 is 18.3 Å². The zero-order valence-corrected chi connectivity index (χ0v) is 17.6. The first-order valence-electron chi connectivity index (χ1n) is 9.21. The number of aromatic nitrogens is 1. The van der Waals surface area contributed by atoms with Gasteiger partial charge in [-0.1, -0.05) is 31.2 Å². The lowest BCUT2D eigenvalue weighted by molar-refractivity contribution is 0.102. The molecule has 0 fully saturated rings. The Labute approximate surface area is 177 Å². The number of nitrogens with zero attached hydrogens (tertiary/aromatic N) is 1. The van der Waals surface area contributed by atoms with Crippen LogP contribution in [0.15, 0.2) is 71.6 Å². The van der Waals surface area contributed by atoms with Crippen LogP contribution in [0.3, 0.4) is 0 Å². The number of aromatic hydroxyl groups is 1. The monoisotopic (exact) mass is 438 g/mol. The first-order valence-corrected chi connectivity index (χ1v) is 11.7. The molecule has 6 nitrogen and oxygen atoms in total. The summed E-state index contributed by atoms with van der Waals surface area (Å²) in [5.41, 5.74) is 1.83. The molecule has 30 heavy (non-hydrogen) atoms. The van der Waals surface area contributed by atoms with E-state index in [4.69, 9.17) is 0 Å². The van der Waals surface area contributed by atoms with E-state index in [2.05, 4.69) is 10.3 Å². The number of hydrogen-bond acceptors (Lipinski definition) is 6. The van der Waals surface area contributed by atoms with Crippen molar-refractivity contribution in [1.29, 1.82) is 0 Å². The van der Waals surface area contributed by atoms with Crippen LogP contribution in [0.25, 0.3) is 20.8 Å². The molecule has 152 valence electrons. The average Bonchev–Trinajstić information content (AvgIpc) is 3.17. The largest absolute Gasteiger partial charge is 0.507 e. The number of sulfone groups is 1. The number of carbonyl (C=O) groups is 1. The Hall–Kier alpha value is -3.23. The summed E-state index contributed by atoms with van der Waals surface area (Å²) in [6, 6.07) is 18.5. The Kier molecular flexibility index (Phi) is 5.27. The topological polar surface area (TPSA) is 96.4 Å². The van der Waals surface area contributed by atoms with Gasteiger partial charge in [0.05, 0.1) is 32.0 Å². The van der Waals surface area contributed by atoms with Gasteiger partial charge < -0.3 is 10.4 Å². The number of fused-ring (bicyclic) bond motifs is 1. The molecule has 4 aromatic rings. The van der Waals surface area contributed by atoms with Crippen LogP contribution in [0.1, 0.15) is 17.3 Å². The van der Waals surface area contributed by atoms with Crippen LogP contribution in [-0.4, -0.2) is 30.2 Å². The average molecular weight is 439 g/mol. The minimum atomic E-state index is -3.55. The van der Waals surface area contributed by atoms with Gasteiger partial charge in [0.1, 0.15) is 10.8 Å². The summed E-state index contributed by atoms with van der Waals surface area (Å²) in [6.07, 6.45) is 0. The fraction of sp³-hybridized carbons (Fsp3) is 0.0909. The fourth-order valence-electron chi connectivity index (χ4n) is 3.06. The third kappa shape index (κ3) is 3.79. The van der Waals surface area contributed by atoms with Gasteiger partial charge in [-0.3, -0.25) is 4.79 Å². The minimum Gasteiger partial charge on any atom is -0.507 e. The second-order valence-electron chi connectivity index (χ2n) is 6.57. The fourth-order valence-corrected chi connectivity index (χ4v) is 5.15. The summed E-state index contributed by atoms with van der Waals surface area (Å²) in [4.78, 5) is 17.2. The summed E-state index contributed by atoms with van der Waals surface area (Å²) in [7, 11) is -3.55. The number of phenolic OH excluding ortho intramolecular Hbond substituents is 1. The van der Waals surface area contributed by atoms with E-state index in [1.807, 2.05) is 24.3 Å². The number of nitrogens with one attached hydrogen (secondary N) is 1. The molecule has 0 radical (unpaired) electrons. The molecule has 0 saturated heterocycles. The van der Waals surface area contributed by atoms with E-state index in [9.17, 15) is 18.3 Å².